The highest BCUT2D eigenvalue weighted by atomic mass is 16.3. The number of hydrogen-bond donors (Lipinski definition) is 0. The van der Waals surface area contributed by atoms with Crippen molar-refractivity contribution in [3.8, 4) is 111 Å². The largest absolute Gasteiger partial charge is 0.456 e. The summed E-state index contributed by atoms with van der Waals surface area (Å²) in [5, 5.41) is 29.3. The van der Waals surface area contributed by atoms with Crippen molar-refractivity contribution >= 4 is 163 Å². The van der Waals surface area contributed by atoms with Gasteiger partial charge >= 0.3 is 0 Å². The molecule has 0 atom stereocenters. The Morgan fingerprint density at radius 2 is 0.326 bits per heavy atom. The number of fused-ring (bicyclic) bond motifs is 18. The van der Waals surface area contributed by atoms with Crippen molar-refractivity contribution in [2.24, 2.45) is 0 Å². The van der Waals surface area contributed by atoms with Crippen LogP contribution in [0.25, 0.3) is 274 Å². The lowest BCUT2D eigenvalue weighted by Gasteiger charge is -2.20. The first-order chi connectivity index (χ1) is 66.9. The monoisotopic (exact) mass is 1710 g/mol. The molecule has 3 aromatic heterocycles. The highest BCUT2D eigenvalue weighted by molar-refractivity contribution is 6.28. The van der Waals surface area contributed by atoms with Crippen LogP contribution in [-0.4, -0.2) is 0 Å². The first-order valence-electron chi connectivity index (χ1n) is 46.4. The topological polar surface area (TPSA) is 39.4 Å². The van der Waals surface area contributed by atoms with E-state index in [0.29, 0.717) is 0 Å². The van der Waals surface area contributed by atoms with Gasteiger partial charge in [0.05, 0.1) is 0 Å². The minimum Gasteiger partial charge on any atom is -0.456 e. The van der Waals surface area contributed by atoms with Crippen LogP contribution >= 0.6 is 0 Å². The predicted octanol–water partition coefficient (Wildman–Crippen LogP) is 37.8. The Hall–Kier alpha value is -17.8. The quantitative estimate of drug-likeness (QED) is 0.128. The normalized spacial score (nSPS) is 11.7. The van der Waals surface area contributed by atoms with Crippen LogP contribution in [0.1, 0.15) is 0 Å². The van der Waals surface area contributed by atoms with E-state index in [4.69, 9.17) is 13.3 Å². The van der Waals surface area contributed by atoms with E-state index in [-0.39, 0.29) is 0 Å². The molecule has 135 heavy (non-hydrogen) atoms. The summed E-state index contributed by atoms with van der Waals surface area (Å²) in [5.74, 6) is 0. The Balaban J connectivity index is 0.000000105. The van der Waals surface area contributed by atoms with Crippen molar-refractivity contribution in [2.75, 3.05) is 0 Å². The average Bonchev–Trinajstić information content (AvgIpc) is 1.14. The number of benzene rings is 25. The zero-order valence-electron chi connectivity index (χ0n) is 73.6. The third-order valence-corrected chi connectivity index (χ3v) is 27.7. The maximum atomic E-state index is 6.23. The lowest BCUT2D eigenvalue weighted by molar-refractivity contribution is 0.668. The van der Waals surface area contributed by atoms with Gasteiger partial charge in [0.2, 0.25) is 0 Å². The zero-order valence-corrected chi connectivity index (χ0v) is 73.6. The molecule has 0 saturated heterocycles. The van der Waals surface area contributed by atoms with Gasteiger partial charge in [-0.1, -0.05) is 413 Å². The van der Waals surface area contributed by atoms with E-state index < -0.39 is 0 Å². The van der Waals surface area contributed by atoms with Crippen molar-refractivity contribution in [3.63, 3.8) is 0 Å². The van der Waals surface area contributed by atoms with Crippen LogP contribution < -0.4 is 0 Å². The minimum absolute atomic E-state index is 0.912. The van der Waals surface area contributed by atoms with Crippen molar-refractivity contribution < 1.29 is 13.3 Å². The number of rotatable bonds is 10. The van der Waals surface area contributed by atoms with Gasteiger partial charge in [-0.05, 0) is 293 Å². The first kappa shape index (κ1) is 78.3. The molecular weight excluding hydrogens is 1630 g/mol. The molecule has 0 spiro atoms. The fourth-order valence-electron chi connectivity index (χ4n) is 21.4. The minimum atomic E-state index is 0.912. The van der Waals surface area contributed by atoms with Gasteiger partial charge in [-0.3, -0.25) is 0 Å². The number of hydrogen-bond acceptors (Lipinski definition) is 3. The summed E-state index contributed by atoms with van der Waals surface area (Å²) in [6.45, 7) is 0. The van der Waals surface area contributed by atoms with Gasteiger partial charge in [0.15, 0.2) is 0 Å². The van der Waals surface area contributed by atoms with Crippen LogP contribution in [0.5, 0.6) is 0 Å². The van der Waals surface area contributed by atoms with E-state index in [1.54, 1.807) is 0 Å². The highest BCUT2D eigenvalue weighted by Gasteiger charge is 2.25. The summed E-state index contributed by atoms with van der Waals surface area (Å²) in [7, 11) is 0. The van der Waals surface area contributed by atoms with Gasteiger partial charge in [0.1, 0.15) is 33.5 Å². The summed E-state index contributed by atoms with van der Waals surface area (Å²) in [5.41, 5.74) is 30.0. The van der Waals surface area contributed by atoms with E-state index >= 15 is 0 Å². The Morgan fingerprint density at radius 1 is 0.0963 bits per heavy atom. The van der Waals surface area contributed by atoms with Crippen LogP contribution in [0.4, 0.5) is 0 Å². The third-order valence-electron chi connectivity index (χ3n) is 27.7. The smallest absolute Gasteiger partial charge is 0.135 e. The van der Waals surface area contributed by atoms with E-state index in [1.807, 2.05) is 36.4 Å². The molecule has 0 fully saturated rings. The molecule has 628 valence electrons. The average molecular weight is 1720 g/mol. The molecule has 0 bridgehead atoms. The standard InChI is InChI=1S/C46H28O.C44H28O.C42H26O/c1-2-12-31-26-32(21-20-29(31)10-1)33-22-24-40-42(27-33)46(37-18-9-13-30-11-3-4-14-35(30)37)39-17-6-5-16-38(39)45(40)34-23-25-44-41(28-34)36-15-7-8-19-43(36)47-44;1-3-11-29(12-4-1)31-19-21-32(22-20-31)43-36-16-7-8-17-37(36)44(38-25-23-33(27-40(38)43)30-13-5-2-6-14-30)34-24-26-42-39(28-34)35-15-9-10-18-41(35)45-42;1-2-11-28(12-3-1)41-34-15-6-7-16-35(34)42(32-21-23-40-37(26-32)33-14-8-9-17-39(33)43-40)36-22-20-31(25-38(36)41)30-19-18-27-10-4-5-13-29(27)24-30/h1-28H;1-28H;1-26H. The maximum absolute atomic E-state index is 6.23. The second-order valence-corrected chi connectivity index (χ2v) is 35.4. The van der Waals surface area contributed by atoms with Crippen molar-refractivity contribution in [2.45, 2.75) is 0 Å². The van der Waals surface area contributed by atoms with Gasteiger partial charge in [-0.2, -0.15) is 0 Å². The molecule has 0 unspecified atom stereocenters. The molecule has 0 N–H and O–H groups in total. The SMILES string of the molecule is c1ccc(-c2c3ccccc3c(-c3ccc4oc5ccccc5c4c3)c3ccc(-c4ccc5ccccc5c4)cc23)cc1.c1ccc(-c2ccc(-c3c4ccccc4c(-c4ccc5oc6ccccc6c5c4)c4ccc(-c5ccccc5)cc34)cc2)cc1.c1ccc2cc(-c3ccc4c(-c5ccc6oc7ccccc7c6c5)c5ccccc5c(-c5cccc6ccccc56)c4c3)ccc2c1. The van der Waals surface area contributed by atoms with Crippen LogP contribution in [0.15, 0.2) is 511 Å². The molecule has 3 nitrogen and oxygen atoms in total. The summed E-state index contributed by atoms with van der Waals surface area (Å²) in [4.78, 5) is 0. The molecular formula is C132H82O3. The summed E-state index contributed by atoms with van der Waals surface area (Å²) < 4.78 is 18.6. The van der Waals surface area contributed by atoms with Crippen LogP contribution in [-0.2, 0) is 0 Å². The van der Waals surface area contributed by atoms with Gasteiger partial charge in [0, 0.05) is 32.3 Å². The summed E-state index contributed by atoms with van der Waals surface area (Å²) in [6, 6.07) is 180. The van der Waals surface area contributed by atoms with Crippen molar-refractivity contribution in [1.82, 2.24) is 0 Å². The van der Waals surface area contributed by atoms with Crippen LogP contribution in [0.3, 0.4) is 0 Å². The molecule has 28 aromatic rings. The first-order valence-corrected chi connectivity index (χ1v) is 46.4. The fourth-order valence-corrected chi connectivity index (χ4v) is 21.4. The molecule has 0 radical (unpaired) electrons. The Morgan fingerprint density at radius 3 is 0.733 bits per heavy atom. The lowest BCUT2D eigenvalue weighted by atomic mass is 9.83. The molecule has 0 aliphatic carbocycles. The molecule has 3 heterocycles. The molecule has 3 heteroatoms. The van der Waals surface area contributed by atoms with Gasteiger partial charge in [-0.15, -0.1) is 0 Å². The van der Waals surface area contributed by atoms with Crippen LogP contribution in [0, 0.1) is 0 Å². The zero-order chi connectivity index (χ0) is 89.0. The Labute approximate surface area is 779 Å². The maximum Gasteiger partial charge on any atom is 0.135 e. The molecule has 0 aliphatic rings. The Kier molecular flexibility index (Phi) is 19.0. The number of furan rings is 3. The van der Waals surface area contributed by atoms with Gasteiger partial charge in [0.25, 0.3) is 0 Å². The van der Waals surface area contributed by atoms with E-state index in [2.05, 4.69) is 461 Å². The lowest BCUT2D eigenvalue weighted by Crippen LogP contribution is -1.92. The second-order valence-electron chi connectivity index (χ2n) is 35.4. The Bertz CT molecular complexity index is 9610. The molecule has 0 aliphatic heterocycles. The van der Waals surface area contributed by atoms with Gasteiger partial charge in [-0.25, -0.2) is 0 Å². The second kappa shape index (κ2) is 32.7. The summed E-state index contributed by atoms with van der Waals surface area (Å²) in [6.07, 6.45) is 0. The molecule has 28 rings (SSSR count). The van der Waals surface area contributed by atoms with E-state index in [0.717, 1.165) is 65.8 Å². The van der Waals surface area contributed by atoms with Crippen molar-refractivity contribution in [3.05, 3.63) is 497 Å². The molecule has 0 amide bonds. The van der Waals surface area contributed by atoms with E-state index in [1.165, 1.54) is 208 Å². The highest BCUT2D eigenvalue weighted by Crippen LogP contribution is 2.52. The van der Waals surface area contributed by atoms with Gasteiger partial charge < -0.3 is 13.3 Å². The van der Waals surface area contributed by atoms with Crippen LogP contribution in [0.2, 0.25) is 0 Å². The summed E-state index contributed by atoms with van der Waals surface area (Å²) >= 11 is 0. The number of para-hydroxylation sites is 3. The predicted molar refractivity (Wildman–Crippen MR) is 573 cm³/mol. The molecule has 25 aromatic carbocycles. The van der Waals surface area contributed by atoms with Crippen molar-refractivity contribution in [1.29, 1.82) is 0 Å². The molecule has 0 saturated carbocycles. The van der Waals surface area contributed by atoms with E-state index in [9.17, 15) is 0 Å². The third kappa shape index (κ3) is 13.7. The fraction of sp³-hybridized carbons (Fsp3) is 0.